The van der Waals surface area contributed by atoms with Gasteiger partial charge in [-0.1, -0.05) is 19.9 Å². The average Bonchev–Trinajstić information content (AvgIpc) is 2.35. The summed E-state index contributed by atoms with van der Waals surface area (Å²) >= 11 is 0. The molecule has 0 saturated heterocycles. The standard InChI is InChI=1S/C16H25NO3/c1-12(2)20-14-7-5-6-13(10-14)15(19)17-11-16(3,4)8-9-18/h5-7,10,12,18H,8-9,11H2,1-4H3,(H,17,19). The zero-order valence-corrected chi connectivity index (χ0v) is 12.8. The molecule has 0 atom stereocenters. The van der Waals surface area contributed by atoms with Gasteiger partial charge in [-0.15, -0.1) is 0 Å². The molecule has 0 saturated carbocycles. The number of hydrogen-bond acceptors (Lipinski definition) is 3. The van der Waals surface area contributed by atoms with Crippen molar-refractivity contribution in [3.8, 4) is 5.75 Å². The van der Waals surface area contributed by atoms with E-state index in [0.717, 1.165) is 0 Å². The molecule has 112 valence electrons. The summed E-state index contributed by atoms with van der Waals surface area (Å²) in [5.41, 5.74) is 0.471. The van der Waals surface area contributed by atoms with E-state index in [0.29, 0.717) is 24.3 Å². The van der Waals surface area contributed by atoms with E-state index in [1.54, 1.807) is 12.1 Å². The van der Waals surface area contributed by atoms with Crippen LogP contribution in [0.4, 0.5) is 0 Å². The average molecular weight is 279 g/mol. The molecule has 0 aliphatic rings. The summed E-state index contributed by atoms with van der Waals surface area (Å²) < 4.78 is 5.58. The highest BCUT2D eigenvalue weighted by Crippen LogP contribution is 2.19. The van der Waals surface area contributed by atoms with Gasteiger partial charge in [0.1, 0.15) is 5.75 Å². The van der Waals surface area contributed by atoms with Crippen molar-refractivity contribution in [3.05, 3.63) is 29.8 Å². The van der Waals surface area contributed by atoms with Crippen LogP contribution in [0.1, 0.15) is 44.5 Å². The third kappa shape index (κ3) is 5.61. The molecule has 0 radical (unpaired) electrons. The summed E-state index contributed by atoms with van der Waals surface area (Å²) in [7, 11) is 0. The topological polar surface area (TPSA) is 58.6 Å². The fraction of sp³-hybridized carbons (Fsp3) is 0.562. The monoisotopic (exact) mass is 279 g/mol. The lowest BCUT2D eigenvalue weighted by molar-refractivity contribution is 0.0927. The van der Waals surface area contributed by atoms with E-state index in [4.69, 9.17) is 9.84 Å². The molecule has 0 aromatic heterocycles. The predicted molar refractivity (Wildman–Crippen MR) is 80.0 cm³/mol. The summed E-state index contributed by atoms with van der Waals surface area (Å²) in [4.78, 5) is 12.1. The minimum atomic E-state index is -0.120. The van der Waals surface area contributed by atoms with Crippen molar-refractivity contribution in [3.63, 3.8) is 0 Å². The highest BCUT2D eigenvalue weighted by molar-refractivity contribution is 5.94. The van der Waals surface area contributed by atoms with Gasteiger partial charge in [0.2, 0.25) is 0 Å². The molecule has 20 heavy (non-hydrogen) atoms. The fourth-order valence-electron chi connectivity index (χ4n) is 1.80. The normalized spacial score (nSPS) is 11.5. The van der Waals surface area contributed by atoms with Crippen LogP contribution in [0.15, 0.2) is 24.3 Å². The van der Waals surface area contributed by atoms with E-state index in [1.165, 1.54) is 0 Å². The van der Waals surface area contributed by atoms with E-state index in [1.807, 2.05) is 39.8 Å². The second kappa shape index (κ2) is 7.29. The van der Waals surface area contributed by atoms with Gasteiger partial charge in [0.25, 0.3) is 5.91 Å². The first-order valence-electron chi connectivity index (χ1n) is 7.00. The molecule has 0 unspecified atom stereocenters. The summed E-state index contributed by atoms with van der Waals surface area (Å²) in [6.45, 7) is 8.58. The lowest BCUT2D eigenvalue weighted by Gasteiger charge is -2.23. The lowest BCUT2D eigenvalue weighted by Crippen LogP contribution is -2.34. The second-order valence-electron chi connectivity index (χ2n) is 6.01. The number of aliphatic hydroxyl groups is 1. The Balaban J connectivity index is 2.63. The minimum absolute atomic E-state index is 0.0804. The first-order chi connectivity index (χ1) is 9.34. The Morgan fingerprint density at radius 3 is 2.70 bits per heavy atom. The highest BCUT2D eigenvalue weighted by atomic mass is 16.5. The first-order valence-corrected chi connectivity index (χ1v) is 7.00. The number of nitrogens with one attached hydrogen (secondary N) is 1. The lowest BCUT2D eigenvalue weighted by atomic mass is 9.89. The van der Waals surface area contributed by atoms with Crippen molar-refractivity contribution in [1.29, 1.82) is 0 Å². The molecule has 0 heterocycles. The van der Waals surface area contributed by atoms with Crippen LogP contribution >= 0.6 is 0 Å². The predicted octanol–water partition coefficient (Wildman–Crippen LogP) is 2.61. The van der Waals surface area contributed by atoms with Gasteiger partial charge in [-0.05, 0) is 43.9 Å². The van der Waals surface area contributed by atoms with Gasteiger partial charge < -0.3 is 15.2 Å². The molecule has 1 amide bonds. The molecular weight excluding hydrogens is 254 g/mol. The van der Waals surface area contributed by atoms with Crippen LogP contribution in [0.25, 0.3) is 0 Å². The van der Waals surface area contributed by atoms with Crippen LogP contribution in [0.5, 0.6) is 5.75 Å². The number of hydrogen-bond donors (Lipinski definition) is 2. The summed E-state index contributed by atoms with van der Waals surface area (Å²) in [5.74, 6) is 0.576. The first kappa shape index (κ1) is 16.5. The molecule has 0 spiro atoms. The van der Waals surface area contributed by atoms with Gasteiger partial charge in [-0.25, -0.2) is 0 Å². The van der Waals surface area contributed by atoms with Crippen molar-refractivity contribution in [2.24, 2.45) is 5.41 Å². The molecule has 1 rings (SSSR count). The van der Waals surface area contributed by atoms with Gasteiger partial charge >= 0.3 is 0 Å². The van der Waals surface area contributed by atoms with Crippen molar-refractivity contribution in [1.82, 2.24) is 5.32 Å². The van der Waals surface area contributed by atoms with Crippen molar-refractivity contribution in [2.75, 3.05) is 13.2 Å². The number of ether oxygens (including phenoxy) is 1. The summed E-state index contributed by atoms with van der Waals surface area (Å²) in [6.07, 6.45) is 0.737. The van der Waals surface area contributed by atoms with Crippen molar-refractivity contribution in [2.45, 2.75) is 40.2 Å². The minimum Gasteiger partial charge on any atom is -0.491 e. The van der Waals surface area contributed by atoms with Crippen LogP contribution in [-0.4, -0.2) is 30.3 Å². The van der Waals surface area contributed by atoms with Gasteiger partial charge in [-0.3, -0.25) is 4.79 Å². The maximum atomic E-state index is 12.1. The Labute approximate surface area is 121 Å². The molecule has 1 aromatic carbocycles. The van der Waals surface area contributed by atoms with Crippen LogP contribution in [-0.2, 0) is 0 Å². The van der Waals surface area contributed by atoms with Crippen LogP contribution in [0.2, 0.25) is 0 Å². The molecule has 2 N–H and O–H groups in total. The summed E-state index contributed by atoms with van der Waals surface area (Å²) in [6, 6.07) is 7.16. The van der Waals surface area contributed by atoms with E-state index >= 15 is 0 Å². The van der Waals surface area contributed by atoms with E-state index in [9.17, 15) is 4.79 Å². The third-order valence-corrected chi connectivity index (χ3v) is 2.98. The maximum Gasteiger partial charge on any atom is 0.251 e. The molecular formula is C16H25NO3. The van der Waals surface area contributed by atoms with Crippen molar-refractivity contribution < 1.29 is 14.6 Å². The fourth-order valence-corrected chi connectivity index (χ4v) is 1.80. The molecule has 4 nitrogen and oxygen atoms in total. The SMILES string of the molecule is CC(C)Oc1cccc(C(=O)NCC(C)(C)CCO)c1. The Morgan fingerprint density at radius 1 is 1.40 bits per heavy atom. The molecule has 0 aliphatic carbocycles. The number of carbonyl (C=O) groups excluding carboxylic acids is 1. The maximum absolute atomic E-state index is 12.1. The number of carbonyl (C=O) groups is 1. The zero-order valence-electron chi connectivity index (χ0n) is 12.8. The molecule has 1 aromatic rings. The molecule has 4 heteroatoms. The van der Waals surface area contributed by atoms with E-state index in [2.05, 4.69) is 5.32 Å². The second-order valence-corrected chi connectivity index (χ2v) is 6.01. The number of rotatable bonds is 7. The third-order valence-electron chi connectivity index (χ3n) is 2.98. The van der Waals surface area contributed by atoms with Crippen LogP contribution in [0, 0.1) is 5.41 Å². The molecule has 0 fully saturated rings. The van der Waals surface area contributed by atoms with Gasteiger partial charge in [-0.2, -0.15) is 0 Å². The van der Waals surface area contributed by atoms with E-state index in [-0.39, 0.29) is 24.0 Å². The van der Waals surface area contributed by atoms with Crippen LogP contribution in [0.3, 0.4) is 0 Å². The Bertz CT molecular complexity index is 441. The quantitative estimate of drug-likeness (QED) is 0.806. The smallest absolute Gasteiger partial charge is 0.251 e. The van der Waals surface area contributed by atoms with Crippen LogP contribution < -0.4 is 10.1 Å². The van der Waals surface area contributed by atoms with Gasteiger partial charge in [0.15, 0.2) is 0 Å². The molecule has 0 aliphatic heterocycles. The molecule has 0 bridgehead atoms. The number of benzene rings is 1. The summed E-state index contributed by atoms with van der Waals surface area (Å²) in [5, 5.41) is 11.9. The Morgan fingerprint density at radius 2 is 2.10 bits per heavy atom. The van der Waals surface area contributed by atoms with Crippen molar-refractivity contribution >= 4 is 5.91 Å². The zero-order chi connectivity index (χ0) is 15.2. The largest absolute Gasteiger partial charge is 0.491 e. The van der Waals surface area contributed by atoms with Gasteiger partial charge in [0.05, 0.1) is 6.10 Å². The Kier molecular flexibility index (Phi) is 6.02. The number of aliphatic hydroxyl groups excluding tert-OH is 1. The van der Waals surface area contributed by atoms with E-state index < -0.39 is 0 Å². The number of amides is 1. The van der Waals surface area contributed by atoms with Gasteiger partial charge in [0, 0.05) is 18.7 Å². The highest BCUT2D eigenvalue weighted by Gasteiger charge is 2.18. The Hall–Kier alpha value is -1.55.